The van der Waals surface area contributed by atoms with Gasteiger partial charge in [-0.05, 0) is 11.6 Å². The molecule has 3 N–H and O–H groups in total. The Morgan fingerprint density at radius 3 is 2.67 bits per heavy atom. The molecule has 0 aliphatic carbocycles. The van der Waals surface area contributed by atoms with Crippen molar-refractivity contribution in [1.29, 1.82) is 0 Å². The number of hydrogen-bond acceptors (Lipinski definition) is 2. The Kier molecular flexibility index (Phi) is 3.45. The second kappa shape index (κ2) is 5.03. The van der Waals surface area contributed by atoms with E-state index in [4.69, 9.17) is 5.73 Å². The van der Waals surface area contributed by atoms with Crippen molar-refractivity contribution in [1.82, 2.24) is 10.2 Å². The van der Waals surface area contributed by atoms with E-state index in [0.29, 0.717) is 18.7 Å². The first-order valence-electron chi connectivity index (χ1n) is 5.63. The average Bonchev–Trinajstić information content (AvgIpc) is 2.25. The van der Waals surface area contributed by atoms with E-state index in [1.54, 1.807) is 18.2 Å². The van der Waals surface area contributed by atoms with Gasteiger partial charge < -0.3 is 16.0 Å². The quantitative estimate of drug-likeness (QED) is 0.807. The number of urea groups is 1. The van der Waals surface area contributed by atoms with Gasteiger partial charge in [0.05, 0.1) is 12.5 Å². The van der Waals surface area contributed by atoms with Crippen molar-refractivity contribution in [3.05, 3.63) is 35.6 Å². The molecule has 1 aromatic rings. The summed E-state index contributed by atoms with van der Waals surface area (Å²) in [6.45, 7) is 0.830. The number of likely N-dealkylation sites (tertiary alicyclic amines) is 1. The Morgan fingerprint density at radius 1 is 1.39 bits per heavy atom. The van der Waals surface area contributed by atoms with Gasteiger partial charge in [0, 0.05) is 13.1 Å². The third-order valence-electron chi connectivity index (χ3n) is 2.87. The SMILES string of the molecule is NC(=O)N1CC(NC(=O)Cc2ccccc2F)C1. The van der Waals surface area contributed by atoms with Gasteiger partial charge in [-0.1, -0.05) is 18.2 Å². The van der Waals surface area contributed by atoms with Crippen LogP contribution in [0.1, 0.15) is 5.56 Å². The van der Waals surface area contributed by atoms with Crippen molar-refractivity contribution >= 4 is 11.9 Å². The molecule has 0 bridgehead atoms. The summed E-state index contributed by atoms with van der Waals surface area (Å²) in [5.41, 5.74) is 5.42. The Hall–Kier alpha value is -2.11. The third kappa shape index (κ3) is 2.77. The standard InChI is InChI=1S/C12H14FN3O2/c13-10-4-2-1-3-8(10)5-11(17)15-9-6-16(7-9)12(14)18/h1-4,9H,5-7H2,(H2,14,18)(H,15,17). The maximum Gasteiger partial charge on any atom is 0.314 e. The predicted molar refractivity (Wildman–Crippen MR) is 63.2 cm³/mol. The maximum atomic E-state index is 13.3. The van der Waals surface area contributed by atoms with Gasteiger partial charge in [-0.3, -0.25) is 4.79 Å². The van der Waals surface area contributed by atoms with Crippen molar-refractivity contribution in [2.45, 2.75) is 12.5 Å². The second-order valence-corrected chi connectivity index (χ2v) is 4.28. The van der Waals surface area contributed by atoms with Gasteiger partial charge in [0.25, 0.3) is 0 Å². The van der Waals surface area contributed by atoms with Gasteiger partial charge in [-0.25, -0.2) is 9.18 Å². The molecule has 5 nitrogen and oxygen atoms in total. The summed E-state index contributed by atoms with van der Waals surface area (Å²) in [7, 11) is 0. The van der Waals surface area contributed by atoms with Crippen LogP contribution in [0.2, 0.25) is 0 Å². The van der Waals surface area contributed by atoms with Crippen LogP contribution in [0.5, 0.6) is 0 Å². The molecule has 0 unspecified atom stereocenters. The van der Waals surface area contributed by atoms with E-state index in [0.717, 1.165) is 0 Å². The summed E-state index contributed by atoms with van der Waals surface area (Å²) < 4.78 is 13.3. The van der Waals surface area contributed by atoms with Crippen molar-refractivity contribution in [2.24, 2.45) is 5.73 Å². The number of carbonyl (C=O) groups excluding carboxylic acids is 2. The number of carbonyl (C=O) groups is 2. The van der Waals surface area contributed by atoms with Gasteiger partial charge in [0.1, 0.15) is 5.82 Å². The molecule has 2 rings (SSSR count). The molecule has 0 saturated carbocycles. The van der Waals surface area contributed by atoms with Gasteiger partial charge >= 0.3 is 6.03 Å². The van der Waals surface area contributed by atoms with Crippen LogP contribution in [0, 0.1) is 5.82 Å². The first-order valence-corrected chi connectivity index (χ1v) is 5.63. The molecular formula is C12H14FN3O2. The van der Waals surface area contributed by atoms with Gasteiger partial charge in [0.15, 0.2) is 0 Å². The molecule has 0 spiro atoms. The minimum atomic E-state index is -0.491. The lowest BCUT2D eigenvalue weighted by molar-refractivity contribution is -0.122. The van der Waals surface area contributed by atoms with E-state index in [2.05, 4.69) is 5.32 Å². The first-order chi connectivity index (χ1) is 8.56. The maximum absolute atomic E-state index is 13.3. The Balaban J connectivity index is 1.80. The zero-order chi connectivity index (χ0) is 13.1. The third-order valence-corrected chi connectivity index (χ3v) is 2.87. The summed E-state index contributed by atoms with van der Waals surface area (Å²) in [5.74, 6) is -0.644. The molecule has 1 heterocycles. The van der Waals surface area contributed by atoms with Crippen molar-refractivity contribution in [3.8, 4) is 0 Å². The van der Waals surface area contributed by atoms with E-state index in [-0.39, 0.29) is 24.2 Å². The number of benzene rings is 1. The fourth-order valence-electron chi connectivity index (χ4n) is 1.84. The zero-order valence-corrected chi connectivity index (χ0v) is 9.73. The number of halogens is 1. The number of hydrogen-bond donors (Lipinski definition) is 2. The Morgan fingerprint density at radius 2 is 2.06 bits per heavy atom. The fraction of sp³-hybridized carbons (Fsp3) is 0.333. The van der Waals surface area contributed by atoms with E-state index in [9.17, 15) is 14.0 Å². The molecule has 0 atom stereocenters. The number of nitrogens with two attached hydrogens (primary N) is 1. The number of primary amides is 1. The molecule has 1 aliphatic rings. The lowest BCUT2D eigenvalue weighted by Gasteiger charge is -2.38. The molecule has 1 aromatic carbocycles. The average molecular weight is 251 g/mol. The largest absolute Gasteiger partial charge is 0.351 e. The lowest BCUT2D eigenvalue weighted by atomic mass is 10.1. The molecule has 1 aliphatic heterocycles. The summed E-state index contributed by atoms with van der Waals surface area (Å²) in [6, 6.07) is 5.58. The molecule has 0 aromatic heterocycles. The molecule has 0 radical (unpaired) electrons. The number of amides is 3. The molecule has 6 heteroatoms. The minimum absolute atomic E-state index is 0.000253. The monoisotopic (exact) mass is 251 g/mol. The van der Waals surface area contributed by atoms with E-state index >= 15 is 0 Å². The fourth-order valence-corrected chi connectivity index (χ4v) is 1.84. The Bertz CT molecular complexity index is 472. The molecule has 18 heavy (non-hydrogen) atoms. The molecule has 1 saturated heterocycles. The van der Waals surface area contributed by atoms with Crippen molar-refractivity contribution in [2.75, 3.05) is 13.1 Å². The van der Waals surface area contributed by atoms with Crippen LogP contribution in [-0.2, 0) is 11.2 Å². The summed E-state index contributed by atoms with van der Waals surface area (Å²) in [6.07, 6.45) is -0.000253. The minimum Gasteiger partial charge on any atom is -0.351 e. The van der Waals surface area contributed by atoms with E-state index in [1.807, 2.05) is 0 Å². The topological polar surface area (TPSA) is 75.4 Å². The van der Waals surface area contributed by atoms with Crippen LogP contribution < -0.4 is 11.1 Å². The number of nitrogens with one attached hydrogen (secondary N) is 1. The molecule has 3 amide bonds. The first kappa shape index (κ1) is 12.3. The van der Waals surface area contributed by atoms with Crippen molar-refractivity contribution < 1.29 is 14.0 Å². The van der Waals surface area contributed by atoms with Crippen LogP contribution in [0.25, 0.3) is 0 Å². The number of rotatable bonds is 3. The van der Waals surface area contributed by atoms with Crippen LogP contribution in [0.4, 0.5) is 9.18 Å². The normalized spacial score (nSPS) is 15.1. The van der Waals surface area contributed by atoms with Crippen LogP contribution in [-0.4, -0.2) is 36.0 Å². The van der Waals surface area contributed by atoms with Gasteiger partial charge in [0.2, 0.25) is 5.91 Å². The molecule has 96 valence electrons. The summed E-state index contributed by atoms with van der Waals surface area (Å²) in [4.78, 5) is 23.8. The van der Waals surface area contributed by atoms with Gasteiger partial charge in [-0.15, -0.1) is 0 Å². The Labute approximate surface area is 104 Å². The second-order valence-electron chi connectivity index (χ2n) is 4.28. The van der Waals surface area contributed by atoms with Crippen molar-refractivity contribution in [3.63, 3.8) is 0 Å². The van der Waals surface area contributed by atoms with Crippen LogP contribution in [0.3, 0.4) is 0 Å². The molecular weight excluding hydrogens is 237 g/mol. The smallest absolute Gasteiger partial charge is 0.314 e. The van der Waals surface area contributed by atoms with Crippen LogP contribution in [0.15, 0.2) is 24.3 Å². The summed E-state index contributed by atoms with van der Waals surface area (Å²) in [5, 5.41) is 2.72. The highest BCUT2D eigenvalue weighted by Crippen LogP contribution is 2.09. The number of nitrogens with zero attached hydrogens (tertiary/aromatic N) is 1. The van der Waals surface area contributed by atoms with E-state index < -0.39 is 6.03 Å². The molecule has 1 fully saturated rings. The zero-order valence-electron chi connectivity index (χ0n) is 9.73. The van der Waals surface area contributed by atoms with Gasteiger partial charge in [-0.2, -0.15) is 0 Å². The summed E-state index contributed by atoms with van der Waals surface area (Å²) >= 11 is 0. The van der Waals surface area contributed by atoms with Crippen LogP contribution >= 0.6 is 0 Å². The lowest BCUT2D eigenvalue weighted by Crippen LogP contribution is -2.62. The highest BCUT2D eigenvalue weighted by atomic mass is 19.1. The predicted octanol–water partition coefficient (Wildman–Crippen LogP) is 0.247. The van der Waals surface area contributed by atoms with E-state index in [1.165, 1.54) is 11.0 Å². The highest BCUT2D eigenvalue weighted by Gasteiger charge is 2.30. The highest BCUT2D eigenvalue weighted by molar-refractivity contribution is 5.79.